The Bertz CT molecular complexity index is 662. The summed E-state index contributed by atoms with van der Waals surface area (Å²) < 4.78 is 13.1. The molecule has 2 fully saturated rings. The third-order valence-electron chi connectivity index (χ3n) is 4.77. The van der Waals surface area contributed by atoms with Crippen LogP contribution < -0.4 is 10.6 Å². The summed E-state index contributed by atoms with van der Waals surface area (Å²) in [7, 11) is 0. The van der Waals surface area contributed by atoms with Crippen LogP contribution in [0.2, 0.25) is 0 Å². The second kappa shape index (κ2) is 7.74. The third kappa shape index (κ3) is 4.42. The SMILES string of the molecule is O=C1CCC(NC(=O)C2CCCCN2Cc2ccc(F)cc2)C(=O)N1. The molecule has 2 unspecified atom stereocenters. The number of imide groups is 1. The Kier molecular flexibility index (Phi) is 5.43. The summed E-state index contributed by atoms with van der Waals surface area (Å²) in [5.41, 5.74) is 0.946. The van der Waals surface area contributed by atoms with E-state index in [0.717, 1.165) is 31.4 Å². The minimum Gasteiger partial charge on any atom is -0.343 e. The maximum Gasteiger partial charge on any atom is 0.249 e. The van der Waals surface area contributed by atoms with Gasteiger partial charge in [0.1, 0.15) is 11.9 Å². The number of nitrogens with zero attached hydrogens (tertiary/aromatic N) is 1. The lowest BCUT2D eigenvalue weighted by Crippen LogP contribution is -2.57. The maximum absolute atomic E-state index is 13.1. The van der Waals surface area contributed by atoms with E-state index in [0.29, 0.717) is 13.0 Å². The summed E-state index contributed by atoms with van der Waals surface area (Å²) in [5.74, 6) is -1.21. The molecular weight excluding hydrogens is 325 g/mol. The number of hydrogen-bond donors (Lipinski definition) is 2. The highest BCUT2D eigenvalue weighted by atomic mass is 19.1. The van der Waals surface area contributed by atoms with Crippen LogP contribution in [0.4, 0.5) is 4.39 Å². The van der Waals surface area contributed by atoms with E-state index < -0.39 is 11.9 Å². The van der Waals surface area contributed by atoms with Gasteiger partial charge in [0.15, 0.2) is 0 Å². The Labute approximate surface area is 145 Å². The zero-order valence-electron chi connectivity index (χ0n) is 14.0. The van der Waals surface area contributed by atoms with Crippen molar-refractivity contribution in [3.05, 3.63) is 35.6 Å². The second-order valence-electron chi connectivity index (χ2n) is 6.62. The van der Waals surface area contributed by atoms with Crippen molar-refractivity contribution in [3.8, 4) is 0 Å². The second-order valence-corrected chi connectivity index (χ2v) is 6.62. The fourth-order valence-corrected chi connectivity index (χ4v) is 3.40. The van der Waals surface area contributed by atoms with E-state index in [1.54, 1.807) is 12.1 Å². The quantitative estimate of drug-likeness (QED) is 0.800. The average molecular weight is 347 g/mol. The number of piperidine rings is 2. The lowest BCUT2D eigenvalue weighted by Gasteiger charge is -2.35. The highest BCUT2D eigenvalue weighted by molar-refractivity contribution is 6.02. The largest absolute Gasteiger partial charge is 0.343 e. The molecule has 0 radical (unpaired) electrons. The van der Waals surface area contributed by atoms with Crippen LogP contribution in [0.15, 0.2) is 24.3 Å². The van der Waals surface area contributed by atoms with Crippen LogP contribution in [0.3, 0.4) is 0 Å². The van der Waals surface area contributed by atoms with E-state index in [1.807, 2.05) is 0 Å². The molecule has 3 rings (SSSR count). The van der Waals surface area contributed by atoms with Crippen molar-refractivity contribution in [3.63, 3.8) is 0 Å². The standard InChI is InChI=1S/C18H22FN3O3/c19-13-6-4-12(5-7-13)11-22-10-2-1-3-15(22)18(25)20-14-8-9-16(23)21-17(14)24/h4-7,14-15H,1-3,8-11H2,(H,20,25)(H,21,23,24). The average Bonchev–Trinajstić information content (AvgIpc) is 2.60. The van der Waals surface area contributed by atoms with Gasteiger partial charge in [-0.2, -0.15) is 0 Å². The third-order valence-corrected chi connectivity index (χ3v) is 4.77. The fourth-order valence-electron chi connectivity index (χ4n) is 3.40. The van der Waals surface area contributed by atoms with Gasteiger partial charge in [-0.15, -0.1) is 0 Å². The molecule has 0 aliphatic carbocycles. The molecule has 2 atom stereocenters. The summed E-state index contributed by atoms with van der Waals surface area (Å²) in [6, 6.07) is 5.30. The van der Waals surface area contributed by atoms with Gasteiger partial charge in [0.2, 0.25) is 17.7 Å². The molecule has 1 aromatic rings. The van der Waals surface area contributed by atoms with Crippen molar-refractivity contribution in [2.75, 3.05) is 6.54 Å². The molecule has 0 saturated carbocycles. The van der Waals surface area contributed by atoms with Gasteiger partial charge in [-0.1, -0.05) is 18.6 Å². The van der Waals surface area contributed by atoms with Crippen molar-refractivity contribution in [1.82, 2.24) is 15.5 Å². The van der Waals surface area contributed by atoms with Gasteiger partial charge in [0.25, 0.3) is 0 Å². The monoisotopic (exact) mass is 347 g/mol. The van der Waals surface area contributed by atoms with Crippen molar-refractivity contribution in [2.24, 2.45) is 0 Å². The number of halogens is 1. The molecule has 3 amide bonds. The molecule has 0 aromatic heterocycles. The van der Waals surface area contributed by atoms with Crippen LogP contribution in [0.25, 0.3) is 0 Å². The van der Waals surface area contributed by atoms with E-state index in [-0.39, 0.29) is 30.1 Å². The number of hydrogen-bond acceptors (Lipinski definition) is 4. The van der Waals surface area contributed by atoms with Crippen LogP contribution in [0, 0.1) is 5.82 Å². The maximum atomic E-state index is 13.1. The molecule has 2 saturated heterocycles. The van der Waals surface area contributed by atoms with Crippen LogP contribution >= 0.6 is 0 Å². The number of carbonyl (C=O) groups excluding carboxylic acids is 3. The summed E-state index contributed by atoms with van der Waals surface area (Å²) in [6.07, 6.45) is 3.25. The number of rotatable bonds is 4. The summed E-state index contributed by atoms with van der Waals surface area (Å²) >= 11 is 0. The first kappa shape index (κ1) is 17.5. The number of nitrogens with one attached hydrogen (secondary N) is 2. The molecule has 134 valence electrons. The summed E-state index contributed by atoms with van der Waals surface area (Å²) in [5, 5.41) is 5.03. The van der Waals surface area contributed by atoms with Gasteiger partial charge in [-0.05, 0) is 43.5 Å². The molecule has 1 aromatic carbocycles. The molecule has 25 heavy (non-hydrogen) atoms. The number of benzene rings is 1. The van der Waals surface area contributed by atoms with Crippen LogP contribution in [-0.4, -0.2) is 41.2 Å². The lowest BCUT2D eigenvalue weighted by atomic mass is 9.99. The van der Waals surface area contributed by atoms with Crippen LogP contribution in [0.1, 0.15) is 37.7 Å². The molecule has 0 spiro atoms. The van der Waals surface area contributed by atoms with E-state index in [9.17, 15) is 18.8 Å². The van der Waals surface area contributed by atoms with Crippen molar-refractivity contribution in [1.29, 1.82) is 0 Å². The minimum absolute atomic E-state index is 0.184. The van der Waals surface area contributed by atoms with Gasteiger partial charge >= 0.3 is 0 Å². The van der Waals surface area contributed by atoms with Gasteiger partial charge in [-0.25, -0.2) is 4.39 Å². The van der Waals surface area contributed by atoms with Crippen molar-refractivity contribution < 1.29 is 18.8 Å². The predicted molar refractivity (Wildman–Crippen MR) is 88.8 cm³/mol. The first-order chi connectivity index (χ1) is 12.0. The van der Waals surface area contributed by atoms with Crippen molar-refractivity contribution in [2.45, 2.75) is 50.7 Å². The first-order valence-electron chi connectivity index (χ1n) is 8.65. The molecule has 2 aliphatic heterocycles. The number of carbonyl (C=O) groups is 3. The van der Waals surface area contributed by atoms with Gasteiger partial charge in [0, 0.05) is 13.0 Å². The Balaban J connectivity index is 1.63. The zero-order valence-corrected chi connectivity index (χ0v) is 14.0. The highest BCUT2D eigenvalue weighted by Crippen LogP contribution is 2.20. The molecule has 2 heterocycles. The summed E-state index contributed by atoms with van der Waals surface area (Å²) in [4.78, 5) is 37.8. The predicted octanol–water partition coefficient (Wildman–Crippen LogP) is 1.10. The fraction of sp³-hybridized carbons (Fsp3) is 0.500. The Hall–Kier alpha value is -2.28. The molecule has 0 bridgehead atoms. The number of amides is 3. The van der Waals surface area contributed by atoms with Crippen LogP contribution in [0.5, 0.6) is 0 Å². The highest BCUT2D eigenvalue weighted by Gasteiger charge is 2.33. The normalized spacial score (nSPS) is 24.7. The molecular formula is C18H22FN3O3. The molecule has 2 N–H and O–H groups in total. The lowest BCUT2D eigenvalue weighted by molar-refractivity contribution is -0.139. The Morgan fingerprint density at radius 1 is 1.20 bits per heavy atom. The smallest absolute Gasteiger partial charge is 0.249 e. The van der Waals surface area contributed by atoms with Gasteiger partial charge in [0.05, 0.1) is 6.04 Å². The van der Waals surface area contributed by atoms with Gasteiger partial charge in [-0.3, -0.25) is 24.6 Å². The van der Waals surface area contributed by atoms with E-state index in [4.69, 9.17) is 0 Å². The first-order valence-corrected chi connectivity index (χ1v) is 8.65. The summed E-state index contributed by atoms with van der Waals surface area (Å²) in [6.45, 7) is 1.35. The van der Waals surface area contributed by atoms with Gasteiger partial charge < -0.3 is 5.32 Å². The van der Waals surface area contributed by atoms with E-state index in [1.165, 1.54) is 12.1 Å². The number of likely N-dealkylation sites (tertiary alicyclic amines) is 1. The molecule has 2 aliphatic rings. The Morgan fingerprint density at radius 2 is 1.96 bits per heavy atom. The van der Waals surface area contributed by atoms with E-state index >= 15 is 0 Å². The van der Waals surface area contributed by atoms with E-state index in [2.05, 4.69) is 15.5 Å². The molecule has 7 heteroatoms. The minimum atomic E-state index is -0.653. The zero-order chi connectivity index (χ0) is 17.8. The Morgan fingerprint density at radius 3 is 2.68 bits per heavy atom. The van der Waals surface area contributed by atoms with Crippen LogP contribution in [-0.2, 0) is 20.9 Å². The molecule has 6 nitrogen and oxygen atoms in total. The topological polar surface area (TPSA) is 78.5 Å². The van der Waals surface area contributed by atoms with Crippen molar-refractivity contribution >= 4 is 17.7 Å².